The van der Waals surface area contributed by atoms with E-state index in [9.17, 15) is 0 Å². The smallest absolute Gasteiger partial charge is 0.152 e. The molecule has 4 aromatic heterocycles. The van der Waals surface area contributed by atoms with Crippen molar-refractivity contribution in [1.29, 1.82) is 0 Å². The summed E-state index contributed by atoms with van der Waals surface area (Å²) in [6.45, 7) is 6.08. The van der Waals surface area contributed by atoms with Crippen LogP contribution in [0.25, 0.3) is 20.9 Å². The number of pyridine rings is 2. The third kappa shape index (κ3) is 3.30. The number of hydrogen-bond donors (Lipinski definition) is 2. The Kier molecular flexibility index (Phi) is 4.32. The molecule has 4 aromatic rings. The average Bonchev–Trinajstić information content (AvgIpc) is 3.50. The minimum absolute atomic E-state index is 0.506. The van der Waals surface area contributed by atoms with Crippen LogP contribution in [0.4, 0.5) is 17.5 Å². The average molecular weight is 431 g/mol. The first-order chi connectivity index (χ1) is 15.1. The molecule has 6 rings (SSSR count). The van der Waals surface area contributed by atoms with Crippen molar-refractivity contribution in [2.24, 2.45) is 0 Å². The van der Waals surface area contributed by atoms with Gasteiger partial charge in [-0.1, -0.05) is 6.07 Å². The third-order valence-electron chi connectivity index (χ3n) is 6.00. The number of fused-ring (bicyclic) bond motifs is 3. The molecule has 0 aromatic carbocycles. The Labute approximate surface area is 183 Å². The highest BCUT2D eigenvalue weighted by Crippen LogP contribution is 2.33. The Morgan fingerprint density at radius 2 is 2.06 bits per heavy atom. The van der Waals surface area contributed by atoms with E-state index in [1.54, 1.807) is 23.7 Å². The standard InChI is InChI=1S/C22H22N8S/c1-12-4-3-5-23-20(12)22-27-16-7-18(26-9-17(16)31-22)28-19-10-24-13(2)21(29-19)30-11-14-6-15(30)8-25-14/h3-5,7,9-10,14-15,25H,6,8,11H2,1-2H3,(H,26,28,29)/t14-,15-/m0/s1. The molecule has 31 heavy (non-hydrogen) atoms. The van der Waals surface area contributed by atoms with Crippen LogP contribution >= 0.6 is 11.3 Å². The zero-order valence-corrected chi connectivity index (χ0v) is 18.1. The first kappa shape index (κ1) is 18.6. The molecular formula is C22H22N8S. The first-order valence-electron chi connectivity index (χ1n) is 10.4. The van der Waals surface area contributed by atoms with Crippen molar-refractivity contribution in [2.45, 2.75) is 32.4 Å². The van der Waals surface area contributed by atoms with Gasteiger partial charge in [-0.2, -0.15) is 0 Å². The highest BCUT2D eigenvalue weighted by molar-refractivity contribution is 7.21. The molecule has 156 valence electrons. The molecule has 9 heteroatoms. The topological polar surface area (TPSA) is 91.8 Å². The molecule has 0 aliphatic carbocycles. The lowest BCUT2D eigenvalue weighted by Gasteiger charge is -2.29. The summed E-state index contributed by atoms with van der Waals surface area (Å²) in [5, 5.41) is 7.76. The lowest BCUT2D eigenvalue weighted by atomic mass is 10.2. The van der Waals surface area contributed by atoms with Crippen LogP contribution in [0.3, 0.4) is 0 Å². The third-order valence-corrected chi connectivity index (χ3v) is 7.02. The Hall–Kier alpha value is -3.17. The molecule has 6 heterocycles. The Morgan fingerprint density at radius 3 is 2.87 bits per heavy atom. The van der Waals surface area contributed by atoms with Gasteiger partial charge in [0.05, 0.1) is 22.1 Å². The molecule has 2 aliphatic rings. The van der Waals surface area contributed by atoms with Gasteiger partial charge in [-0.15, -0.1) is 11.3 Å². The molecule has 2 saturated heterocycles. The van der Waals surface area contributed by atoms with E-state index in [-0.39, 0.29) is 0 Å². The van der Waals surface area contributed by atoms with Crippen molar-refractivity contribution in [3.05, 3.63) is 48.0 Å². The maximum atomic E-state index is 4.87. The highest BCUT2D eigenvalue weighted by Gasteiger charge is 2.39. The molecule has 2 N–H and O–H groups in total. The van der Waals surface area contributed by atoms with Crippen molar-refractivity contribution in [3.63, 3.8) is 0 Å². The molecule has 0 spiro atoms. The van der Waals surface area contributed by atoms with Crippen LogP contribution in [-0.4, -0.2) is 50.1 Å². The maximum absolute atomic E-state index is 4.87. The molecule has 0 radical (unpaired) electrons. The normalized spacial score (nSPS) is 20.0. The fourth-order valence-corrected chi connectivity index (χ4v) is 5.41. The van der Waals surface area contributed by atoms with E-state index < -0.39 is 0 Å². The molecule has 8 nitrogen and oxygen atoms in total. The molecule has 0 saturated carbocycles. The fourth-order valence-electron chi connectivity index (χ4n) is 4.44. The van der Waals surface area contributed by atoms with E-state index in [0.29, 0.717) is 23.7 Å². The van der Waals surface area contributed by atoms with Crippen molar-refractivity contribution >= 4 is 39.0 Å². The summed E-state index contributed by atoms with van der Waals surface area (Å²) in [5.74, 6) is 2.36. The van der Waals surface area contributed by atoms with Gasteiger partial charge >= 0.3 is 0 Å². The maximum Gasteiger partial charge on any atom is 0.152 e. The minimum atomic E-state index is 0.506. The number of nitrogens with zero attached hydrogens (tertiary/aromatic N) is 6. The van der Waals surface area contributed by atoms with Crippen LogP contribution in [0.2, 0.25) is 0 Å². The highest BCUT2D eigenvalue weighted by atomic mass is 32.1. The second kappa shape index (κ2) is 7.21. The zero-order valence-electron chi connectivity index (χ0n) is 17.3. The molecule has 2 aliphatic heterocycles. The number of rotatable bonds is 4. The zero-order chi connectivity index (χ0) is 20.9. The van der Waals surface area contributed by atoms with E-state index in [0.717, 1.165) is 51.1 Å². The van der Waals surface area contributed by atoms with Gasteiger partial charge in [0.25, 0.3) is 0 Å². The van der Waals surface area contributed by atoms with E-state index in [2.05, 4.69) is 43.5 Å². The second-order valence-corrected chi connectivity index (χ2v) is 9.19. The van der Waals surface area contributed by atoms with Gasteiger partial charge < -0.3 is 15.5 Å². The summed E-state index contributed by atoms with van der Waals surface area (Å²) >= 11 is 1.60. The number of thiazole rings is 1. The largest absolute Gasteiger partial charge is 0.349 e. The van der Waals surface area contributed by atoms with Crippen molar-refractivity contribution in [2.75, 3.05) is 23.3 Å². The molecule has 0 unspecified atom stereocenters. The van der Waals surface area contributed by atoms with Crippen molar-refractivity contribution in [1.82, 2.24) is 30.2 Å². The minimum Gasteiger partial charge on any atom is -0.349 e. The van der Waals surface area contributed by atoms with Gasteiger partial charge in [-0.05, 0) is 31.9 Å². The predicted molar refractivity (Wildman–Crippen MR) is 123 cm³/mol. The van der Waals surface area contributed by atoms with Crippen LogP contribution in [-0.2, 0) is 0 Å². The molecule has 2 fully saturated rings. The van der Waals surface area contributed by atoms with Gasteiger partial charge in [0.1, 0.15) is 16.5 Å². The molecule has 2 bridgehead atoms. The van der Waals surface area contributed by atoms with Gasteiger partial charge in [-0.25, -0.2) is 15.0 Å². The number of hydrogen-bond acceptors (Lipinski definition) is 9. The first-order valence-corrected chi connectivity index (χ1v) is 11.2. The van der Waals surface area contributed by atoms with Crippen LogP contribution in [0.5, 0.6) is 0 Å². The summed E-state index contributed by atoms with van der Waals surface area (Å²) < 4.78 is 1.03. The van der Waals surface area contributed by atoms with Crippen LogP contribution in [0.1, 0.15) is 17.7 Å². The van der Waals surface area contributed by atoms with Crippen LogP contribution in [0.15, 0.2) is 36.8 Å². The van der Waals surface area contributed by atoms with Gasteiger partial charge in [-0.3, -0.25) is 9.97 Å². The summed E-state index contributed by atoms with van der Waals surface area (Å²) in [6.07, 6.45) is 6.60. The van der Waals surface area contributed by atoms with Crippen molar-refractivity contribution in [3.8, 4) is 10.7 Å². The van der Waals surface area contributed by atoms with Gasteiger partial charge in [0, 0.05) is 43.6 Å². The summed E-state index contributed by atoms with van der Waals surface area (Å²) in [6, 6.07) is 7.02. The summed E-state index contributed by atoms with van der Waals surface area (Å²) in [7, 11) is 0. The fraction of sp³-hybridized carbons (Fsp3) is 0.318. The monoisotopic (exact) mass is 430 g/mol. The number of aryl methyl sites for hydroxylation is 2. The van der Waals surface area contributed by atoms with E-state index in [4.69, 9.17) is 9.97 Å². The molecule has 0 amide bonds. The second-order valence-electron chi connectivity index (χ2n) is 8.16. The Bertz CT molecular complexity index is 1290. The lowest BCUT2D eigenvalue weighted by Crippen LogP contribution is -2.44. The Morgan fingerprint density at radius 1 is 1.13 bits per heavy atom. The molecule has 2 atom stereocenters. The number of anilines is 3. The quantitative estimate of drug-likeness (QED) is 0.509. The lowest BCUT2D eigenvalue weighted by molar-refractivity contribution is 0.575. The van der Waals surface area contributed by atoms with Gasteiger partial charge in [0.15, 0.2) is 11.6 Å². The van der Waals surface area contributed by atoms with Gasteiger partial charge in [0.2, 0.25) is 0 Å². The van der Waals surface area contributed by atoms with Crippen LogP contribution in [0, 0.1) is 13.8 Å². The van der Waals surface area contributed by atoms with Crippen molar-refractivity contribution < 1.29 is 0 Å². The summed E-state index contributed by atoms with van der Waals surface area (Å²) in [5.41, 5.74) is 3.88. The van der Waals surface area contributed by atoms with E-state index >= 15 is 0 Å². The van der Waals surface area contributed by atoms with E-state index in [1.807, 2.05) is 25.3 Å². The Balaban J connectivity index is 1.29. The van der Waals surface area contributed by atoms with E-state index in [1.165, 1.54) is 6.42 Å². The number of piperazine rings is 1. The number of nitrogens with one attached hydrogen (secondary N) is 2. The predicted octanol–water partition coefficient (Wildman–Crippen LogP) is 3.45. The SMILES string of the molecule is Cc1cccnc1-c1nc2cc(Nc3cnc(C)c(N4C[C@@H]5C[C@H]4CN5)n3)ncc2s1. The van der Waals surface area contributed by atoms with Crippen LogP contribution < -0.4 is 15.5 Å². The number of aromatic nitrogens is 5. The summed E-state index contributed by atoms with van der Waals surface area (Å²) in [4.78, 5) is 25.7. The molecular weight excluding hydrogens is 408 g/mol.